The number of benzene rings is 1. The Morgan fingerprint density at radius 1 is 1.37 bits per heavy atom. The van der Waals surface area contributed by atoms with Crippen LogP contribution in [0.2, 0.25) is 0 Å². The molecule has 6 heteroatoms. The molecule has 1 rings (SSSR count). The number of hydrogen-bond donors (Lipinski definition) is 1. The van der Waals surface area contributed by atoms with Crippen LogP contribution in [0.5, 0.6) is 0 Å². The van der Waals surface area contributed by atoms with Crippen LogP contribution in [0.15, 0.2) is 24.3 Å². The van der Waals surface area contributed by atoms with Gasteiger partial charge in [0.15, 0.2) is 0 Å². The van der Waals surface area contributed by atoms with Crippen LogP contribution in [0.1, 0.15) is 19.4 Å². The van der Waals surface area contributed by atoms with Gasteiger partial charge in [0.1, 0.15) is 0 Å². The summed E-state index contributed by atoms with van der Waals surface area (Å²) in [6.45, 7) is 4.58. The van der Waals surface area contributed by atoms with E-state index in [-0.39, 0.29) is 11.9 Å². The molecular formula is C13H22N2O3S. The lowest BCUT2D eigenvalue weighted by atomic mass is 10.2. The third-order valence-corrected chi connectivity index (χ3v) is 4.46. The van der Waals surface area contributed by atoms with Crippen LogP contribution in [-0.2, 0) is 20.5 Å². The van der Waals surface area contributed by atoms with Gasteiger partial charge in [0, 0.05) is 19.3 Å². The Hall–Kier alpha value is -1.11. The zero-order chi connectivity index (χ0) is 14.5. The summed E-state index contributed by atoms with van der Waals surface area (Å²) in [5.41, 5.74) is 6.90. The first-order chi connectivity index (χ1) is 8.81. The van der Waals surface area contributed by atoms with Crippen molar-refractivity contribution in [3.63, 3.8) is 0 Å². The lowest BCUT2D eigenvalue weighted by molar-refractivity contribution is 0.0737. The van der Waals surface area contributed by atoms with Crippen molar-refractivity contribution in [1.82, 2.24) is 4.31 Å². The highest BCUT2D eigenvalue weighted by Crippen LogP contribution is 2.12. The molecule has 1 aromatic carbocycles. The van der Waals surface area contributed by atoms with Crippen molar-refractivity contribution in [3.8, 4) is 0 Å². The van der Waals surface area contributed by atoms with Crippen LogP contribution < -0.4 is 5.73 Å². The van der Waals surface area contributed by atoms with Crippen LogP contribution in [0, 0.1) is 0 Å². The van der Waals surface area contributed by atoms with E-state index in [0.29, 0.717) is 24.4 Å². The molecule has 0 saturated carbocycles. The number of nitrogens with two attached hydrogens (primary N) is 1. The van der Waals surface area contributed by atoms with Gasteiger partial charge in [-0.3, -0.25) is 0 Å². The van der Waals surface area contributed by atoms with E-state index in [9.17, 15) is 8.42 Å². The molecule has 0 atom stereocenters. The molecule has 19 heavy (non-hydrogen) atoms. The minimum atomic E-state index is -3.33. The summed E-state index contributed by atoms with van der Waals surface area (Å²) >= 11 is 0. The zero-order valence-corrected chi connectivity index (χ0v) is 12.5. The first-order valence-electron chi connectivity index (χ1n) is 6.21. The van der Waals surface area contributed by atoms with Crippen LogP contribution >= 0.6 is 0 Å². The fourth-order valence-electron chi connectivity index (χ4n) is 1.56. The zero-order valence-electron chi connectivity index (χ0n) is 11.7. The first kappa shape index (κ1) is 15.9. The Morgan fingerprint density at radius 2 is 2.05 bits per heavy atom. The Balaban J connectivity index is 2.60. The fraction of sp³-hybridized carbons (Fsp3) is 0.538. The topological polar surface area (TPSA) is 72.6 Å². The summed E-state index contributed by atoms with van der Waals surface area (Å²) in [6, 6.07) is 6.92. The monoisotopic (exact) mass is 286 g/mol. The van der Waals surface area contributed by atoms with E-state index >= 15 is 0 Å². The van der Waals surface area contributed by atoms with Gasteiger partial charge in [-0.25, -0.2) is 12.7 Å². The van der Waals surface area contributed by atoms with E-state index < -0.39 is 10.0 Å². The quantitative estimate of drug-likeness (QED) is 0.770. The standard InChI is InChI=1S/C13H22N2O3S/c1-11(2)18-8-7-15(3)19(16,17)10-12-5-4-6-13(14)9-12/h4-6,9,11H,7-8,10,14H2,1-3H3. The number of rotatable bonds is 7. The highest BCUT2D eigenvalue weighted by atomic mass is 32.2. The van der Waals surface area contributed by atoms with Crippen molar-refractivity contribution in [2.24, 2.45) is 0 Å². The maximum atomic E-state index is 12.1. The van der Waals surface area contributed by atoms with Crippen molar-refractivity contribution in [1.29, 1.82) is 0 Å². The Bertz CT molecular complexity index is 500. The molecule has 0 bridgehead atoms. The highest BCUT2D eigenvalue weighted by molar-refractivity contribution is 7.88. The van der Waals surface area contributed by atoms with Gasteiger partial charge in [-0.1, -0.05) is 12.1 Å². The molecule has 0 aliphatic heterocycles. The molecule has 0 radical (unpaired) electrons. The van der Waals surface area contributed by atoms with Crippen molar-refractivity contribution in [2.45, 2.75) is 25.7 Å². The number of hydrogen-bond acceptors (Lipinski definition) is 4. The number of ether oxygens (including phenoxy) is 1. The van der Waals surface area contributed by atoms with E-state index in [2.05, 4.69) is 0 Å². The van der Waals surface area contributed by atoms with Crippen molar-refractivity contribution < 1.29 is 13.2 Å². The summed E-state index contributed by atoms with van der Waals surface area (Å²) < 4.78 is 30.9. The first-order valence-corrected chi connectivity index (χ1v) is 7.82. The third kappa shape index (κ3) is 5.59. The SMILES string of the molecule is CC(C)OCCN(C)S(=O)(=O)Cc1cccc(N)c1. The highest BCUT2D eigenvalue weighted by Gasteiger charge is 2.18. The molecule has 1 aromatic rings. The van der Waals surface area contributed by atoms with Crippen molar-refractivity contribution >= 4 is 15.7 Å². The van der Waals surface area contributed by atoms with Gasteiger partial charge in [0.25, 0.3) is 0 Å². The van der Waals surface area contributed by atoms with Gasteiger partial charge in [-0.05, 0) is 31.5 Å². The Morgan fingerprint density at radius 3 is 2.63 bits per heavy atom. The van der Waals surface area contributed by atoms with Crippen LogP contribution in [0.25, 0.3) is 0 Å². The van der Waals surface area contributed by atoms with Gasteiger partial charge in [-0.2, -0.15) is 0 Å². The molecule has 0 amide bonds. The van der Waals surface area contributed by atoms with Gasteiger partial charge in [-0.15, -0.1) is 0 Å². The number of nitrogens with zero attached hydrogens (tertiary/aromatic N) is 1. The summed E-state index contributed by atoms with van der Waals surface area (Å²) in [7, 11) is -1.77. The lowest BCUT2D eigenvalue weighted by Gasteiger charge is -2.18. The molecular weight excluding hydrogens is 264 g/mol. The van der Waals surface area contributed by atoms with Crippen LogP contribution in [-0.4, -0.2) is 39.0 Å². The predicted octanol–water partition coefficient (Wildman–Crippen LogP) is 1.46. The van der Waals surface area contributed by atoms with E-state index in [0.717, 1.165) is 0 Å². The second-order valence-corrected chi connectivity index (χ2v) is 6.82. The average Bonchev–Trinajstić information content (AvgIpc) is 2.27. The van der Waals surface area contributed by atoms with E-state index in [1.807, 2.05) is 13.8 Å². The third-order valence-electron chi connectivity index (χ3n) is 2.63. The maximum absolute atomic E-state index is 12.1. The molecule has 0 saturated heterocycles. The van der Waals surface area contributed by atoms with Crippen LogP contribution in [0.4, 0.5) is 5.69 Å². The number of sulfonamides is 1. The summed E-state index contributed by atoms with van der Waals surface area (Å²) in [5, 5.41) is 0. The largest absolute Gasteiger partial charge is 0.399 e. The van der Waals surface area contributed by atoms with E-state index in [1.54, 1.807) is 31.3 Å². The normalized spacial score (nSPS) is 12.3. The smallest absolute Gasteiger partial charge is 0.218 e. The molecule has 5 nitrogen and oxygen atoms in total. The molecule has 0 aliphatic rings. The number of likely N-dealkylation sites (N-methyl/N-ethyl adjacent to an activating group) is 1. The van der Waals surface area contributed by atoms with E-state index in [1.165, 1.54) is 4.31 Å². The molecule has 0 heterocycles. The van der Waals surface area contributed by atoms with Gasteiger partial charge < -0.3 is 10.5 Å². The predicted molar refractivity (Wildman–Crippen MR) is 77.2 cm³/mol. The summed E-state index contributed by atoms with van der Waals surface area (Å²) in [4.78, 5) is 0. The lowest BCUT2D eigenvalue weighted by Crippen LogP contribution is -2.31. The molecule has 108 valence electrons. The van der Waals surface area contributed by atoms with Crippen molar-refractivity contribution in [3.05, 3.63) is 29.8 Å². The molecule has 0 unspecified atom stereocenters. The average molecular weight is 286 g/mol. The maximum Gasteiger partial charge on any atom is 0.218 e. The molecule has 0 aliphatic carbocycles. The Kier molecular flexibility index (Phi) is 5.78. The van der Waals surface area contributed by atoms with Crippen LogP contribution in [0.3, 0.4) is 0 Å². The van der Waals surface area contributed by atoms with E-state index in [4.69, 9.17) is 10.5 Å². The number of nitrogen functional groups attached to an aromatic ring is 1. The minimum absolute atomic E-state index is 0.0454. The molecule has 0 aromatic heterocycles. The minimum Gasteiger partial charge on any atom is -0.399 e. The molecule has 2 N–H and O–H groups in total. The number of anilines is 1. The second kappa shape index (κ2) is 6.88. The molecule has 0 spiro atoms. The molecule has 0 fully saturated rings. The second-order valence-electron chi connectivity index (χ2n) is 4.74. The van der Waals surface area contributed by atoms with Crippen molar-refractivity contribution in [2.75, 3.05) is 25.9 Å². The summed E-state index contributed by atoms with van der Waals surface area (Å²) in [5.74, 6) is -0.0454. The fourth-order valence-corrected chi connectivity index (χ4v) is 2.73. The van der Waals surface area contributed by atoms with Gasteiger partial charge >= 0.3 is 0 Å². The Labute approximate surface area is 115 Å². The van der Waals surface area contributed by atoms with Gasteiger partial charge in [0.05, 0.1) is 18.5 Å². The summed E-state index contributed by atoms with van der Waals surface area (Å²) in [6.07, 6.45) is 0.102. The van der Waals surface area contributed by atoms with Gasteiger partial charge in [0.2, 0.25) is 10.0 Å².